The van der Waals surface area contributed by atoms with Crippen molar-refractivity contribution in [3.8, 4) is 0 Å². The van der Waals surface area contributed by atoms with Crippen LogP contribution in [0.15, 0.2) is 21.9 Å². The second-order valence-corrected chi connectivity index (χ2v) is 7.96. The molecule has 13 heavy (non-hydrogen) atoms. The Hall–Kier alpha value is -0.303. The van der Waals surface area contributed by atoms with Gasteiger partial charge in [-0.1, -0.05) is 43.3 Å². The first-order valence-electron chi connectivity index (χ1n) is 5.19. The van der Waals surface area contributed by atoms with Gasteiger partial charge >= 0.3 is 0 Å². The molecule has 1 rings (SSSR count). The minimum absolute atomic E-state index is 0.356. The van der Waals surface area contributed by atoms with Crippen LogP contribution in [-0.2, 0) is 0 Å². The minimum atomic E-state index is -0.645. The number of rotatable bonds is 1. The maximum Gasteiger partial charge on any atom is 0.0610 e. The molecule has 0 unspecified atom stereocenters. The van der Waals surface area contributed by atoms with Crippen LogP contribution in [0.4, 0.5) is 0 Å². The van der Waals surface area contributed by atoms with Crippen molar-refractivity contribution >= 4 is 8.80 Å². The van der Waals surface area contributed by atoms with Gasteiger partial charge in [0.15, 0.2) is 0 Å². The summed E-state index contributed by atoms with van der Waals surface area (Å²) in [4.78, 5) is 0. The summed E-state index contributed by atoms with van der Waals surface area (Å²) in [5.74, 6) is 0. The predicted molar refractivity (Wildman–Crippen MR) is 63.7 cm³/mol. The Morgan fingerprint density at radius 2 is 1.38 bits per heavy atom. The van der Waals surface area contributed by atoms with Crippen molar-refractivity contribution in [1.82, 2.24) is 0 Å². The van der Waals surface area contributed by atoms with Gasteiger partial charge in [0.25, 0.3) is 0 Å². The Kier molecular flexibility index (Phi) is 2.59. The number of allylic oxidation sites excluding steroid dienone is 4. The van der Waals surface area contributed by atoms with Crippen LogP contribution in [-0.4, -0.2) is 8.80 Å². The van der Waals surface area contributed by atoms with Crippen molar-refractivity contribution in [3.05, 3.63) is 21.9 Å². The van der Waals surface area contributed by atoms with Crippen LogP contribution < -0.4 is 0 Å². The van der Waals surface area contributed by atoms with Crippen LogP contribution in [0.2, 0.25) is 13.1 Å². The highest BCUT2D eigenvalue weighted by Crippen LogP contribution is 2.46. The van der Waals surface area contributed by atoms with Crippen LogP contribution in [0.25, 0.3) is 0 Å². The lowest BCUT2D eigenvalue weighted by Crippen LogP contribution is -2.22. The van der Waals surface area contributed by atoms with Crippen LogP contribution in [0, 0.1) is 5.41 Å². The first kappa shape index (κ1) is 10.8. The molecule has 1 aliphatic rings. The molecule has 74 valence electrons. The third-order valence-corrected chi connectivity index (χ3v) is 6.03. The molecule has 0 heterocycles. The van der Waals surface area contributed by atoms with E-state index in [2.05, 4.69) is 47.7 Å². The topological polar surface area (TPSA) is 0 Å². The van der Waals surface area contributed by atoms with Gasteiger partial charge in [-0.2, -0.15) is 0 Å². The molecule has 0 spiro atoms. The zero-order valence-corrected chi connectivity index (χ0v) is 11.2. The summed E-state index contributed by atoms with van der Waals surface area (Å²) >= 11 is 0. The van der Waals surface area contributed by atoms with E-state index in [1.165, 1.54) is 0 Å². The fourth-order valence-electron chi connectivity index (χ4n) is 2.78. The Balaban J connectivity index is 3.28. The monoisotopic (exact) mass is 194 g/mol. The summed E-state index contributed by atoms with van der Waals surface area (Å²) < 4.78 is 0. The number of hydrogen-bond acceptors (Lipinski definition) is 0. The first-order valence-corrected chi connectivity index (χ1v) is 8.08. The van der Waals surface area contributed by atoms with Gasteiger partial charge in [0.2, 0.25) is 0 Å². The molecule has 1 aliphatic carbocycles. The molecular formula is C12H22Si. The minimum Gasteiger partial charge on any atom is -0.0721 e. The Morgan fingerprint density at radius 1 is 0.923 bits per heavy atom. The zero-order chi connectivity index (χ0) is 10.4. The molecule has 0 nitrogen and oxygen atoms in total. The van der Waals surface area contributed by atoms with Gasteiger partial charge in [0, 0.05) is 5.41 Å². The third kappa shape index (κ3) is 1.43. The summed E-state index contributed by atoms with van der Waals surface area (Å²) in [6, 6.07) is 0. The molecule has 0 aliphatic heterocycles. The van der Waals surface area contributed by atoms with Crippen molar-refractivity contribution in [2.24, 2.45) is 5.41 Å². The Labute approximate surface area is 84.3 Å². The van der Waals surface area contributed by atoms with Crippen molar-refractivity contribution in [3.63, 3.8) is 0 Å². The fraction of sp³-hybridized carbons (Fsp3) is 0.667. The van der Waals surface area contributed by atoms with Crippen LogP contribution in [0.3, 0.4) is 0 Å². The summed E-state index contributed by atoms with van der Waals surface area (Å²) in [6.45, 7) is 16.5. The number of hydrogen-bond donors (Lipinski definition) is 0. The van der Waals surface area contributed by atoms with Gasteiger partial charge in [0.05, 0.1) is 8.80 Å². The highest BCUT2D eigenvalue weighted by Gasteiger charge is 2.35. The van der Waals surface area contributed by atoms with E-state index < -0.39 is 8.80 Å². The van der Waals surface area contributed by atoms with E-state index in [0.29, 0.717) is 5.41 Å². The van der Waals surface area contributed by atoms with Gasteiger partial charge in [-0.3, -0.25) is 0 Å². The standard InChI is InChI=1S/C12H22Si/c1-8-9(2)11(13(6)7)12(4,5)10(8)3/h13H,1-7H3. The molecule has 1 heteroatoms. The van der Waals surface area contributed by atoms with Gasteiger partial charge in [0.1, 0.15) is 0 Å². The lowest BCUT2D eigenvalue weighted by Gasteiger charge is -2.28. The van der Waals surface area contributed by atoms with E-state index in [-0.39, 0.29) is 0 Å². The van der Waals surface area contributed by atoms with E-state index >= 15 is 0 Å². The molecule has 0 aromatic rings. The van der Waals surface area contributed by atoms with E-state index in [9.17, 15) is 0 Å². The fourth-order valence-corrected chi connectivity index (χ4v) is 5.52. The third-order valence-electron chi connectivity index (χ3n) is 3.72. The molecule has 0 fully saturated rings. The molecular weight excluding hydrogens is 172 g/mol. The van der Waals surface area contributed by atoms with Crippen molar-refractivity contribution < 1.29 is 0 Å². The molecule has 0 bridgehead atoms. The SMILES string of the molecule is CC1=C(C)C(C)(C)C([SiH](C)C)=C1C. The molecule has 0 radical (unpaired) electrons. The van der Waals surface area contributed by atoms with Crippen molar-refractivity contribution in [2.75, 3.05) is 0 Å². The highest BCUT2D eigenvalue weighted by atomic mass is 28.3. The quantitative estimate of drug-likeness (QED) is 0.558. The summed E-state index contributed by atoms with van der Waals surface area (Å²) in [5.41, 5.74) is 5.07. The molecule has 0 atom stereocenters. The Bertz CT molecular complexity index is 290. The second kappa shape index (κ2) is 3.12. The van der Waals surface area contributed by atoms with Crippen LogP contribution in [0.5, 0.6) is 0 Å². The lowest BCUT2D eigenvalue weighted by atomic mass is 9.87. The summed E-state index contributed by atoms with van der Waals surface area (Å²) in [6.07, 6.45) is 0. The molecule has 0 aromatic carbocycles. The summed E-state index contributed by atoms with van der Waals surface area (Å²) in [7, 11) is -0.645. The molecule has 0 N–H and O–H groups in total. The van der Waals surface area contributed by atoms with E-state index in [1.54, 1.807) is 21.9 Å². The largest absolute Gasteiger partial charge is 0.0721 e. The Morgan fingerprint density at radius 3 is 1.54 bits per heavy atom. The van der Waals surface area contributed by atoms with Gasteiger partial charge in [-0.25, -0.2) is 0 Å². The average molecular weight is 194 g/mol. The van der Waals surface area contributed by atoms with Gasteiger partial charge < -0.3 is 0 Å². The van der Waals surface area contributed by atoms with Gasteiger partial charge in [-0.15, -0.1) is 0 Å². The highest BCUT2D eigenvalue weighted by molar-refractivity contribution is 6.64. The first-order chi connectivity index (χ1) is 5.80. The van der Waals surface area contributed by atoms with Crippen LogP contribution in [0.1, 0.15) is 34.6 Å². The molecule has 0 saturated carbocycles. The molecule has 0 aromatic heterocycles. The summed E-state index contributed by atoms with van der Waals surface area (Å²) in [5, 5.41) is 1.77. The van der Waals surface area contributed by atoms with Crippen LogP contribution >= 0.6 is 0 Å². The average Bonchev–Trinajstić information content (AvgIpc) is 2.12. The molecule has 0 saturated heterocycles. The predicted octanol–water partition coefficient (Wildman–Crippen LogP) is 3.71. The van der Waals surface area contributed by atoms with E-state index in [4.69, 9.17) is 0 Å². The smallest absolute Gasteiger partial charge is 0.0610 e. The lowest BCUT2D eigenvalue weighted by molar-refractivity contribution is 0.571. The van der Waals surface area contributed by atoms with Crippen molar-refractivity contribution in [2.45, 2.75) is 47.7 Å². The maximum absolute atomic E-state index is 2.44. The van der Waals surface area contributed by atoms with E-state index in [1.807, 2.05) is 0 Å². The maximum atomic E-state index is 2.44. The molecule has 0 amide bonds. The van der Waals surface area contributed by atoms with Gasteiger partial charge in [-0.05, 0) is 26.3 Å². The normalized spacial score (nSPS) is 22.2. The second-order valence-electron chi connectivity index (χ2n) is 5.07. The van der Waals surface area contributed by atoms with E-state index in [0.717, 1.165) is 0 Å². The van der Waals surface area contributed by atoms with Crippen molar-refractivity contribution in [1.29, 1.82) is 0 Å². The zero-order valence-electron chi connectivity index (χ0n) is 10.1.